The number of imidazole rings is 1. The maximum Gasteiger partial charge on any atom is 0.256 e. The summed E-state index contributed by atoms with van der Waals surface area (Å²) in [6.07, 6.45) is 0. The minimum Gasteiger partial charge on any atom is -0.338 e. The van der Waals surface area contributed by atoms with Crippen LogP contribution < -0.4 is 10.9 Å². The minimum atomic E-state index is -0.351. The third-order valence-corrected chi connectivity index (χ3v) is 4.81. The van der Waals surface area contributed by atoms with Gasteiger partial charge in [0.1, 0.15) is 5.82 Å². The molecule has 6 heteroatoms. The normalized spacial score (nSPS) is 11.0. The van der Waals surface area contributed by atoms with Gasteiger partial charge in [0.05, 0.1) is 22.3 Å². The fraction of sp³-hybridized carbons (Fsp3) is 0. The summed E-state index contributed by atoms with van der Waals surface area (Å²) < 4.78 is 0. The van der Waals surface area contributed by atoms with Crippen LogP contribution in [0.15, 0.2) is 83.7 Å². The molecule has 6 nitrogen and oxygen atoms in total. The lowest BCUT2D eigenvalue weighted by Crippen LogP contribution is -2.17. The van der Waals surface area contributed by atoms with Gasteiger partial charge in [-0.1, -0.05) is 42.5 Å². The first-order chi connectivity index (χ1) is 14.2. The summed E-state index contributed by atoms with van der Waals surface area (Å²) in [4.78, 5) is 35.7. The molecule has 2 aromatic heterocycles. The van der Waals surface area contributed by atoms with Crippen LogP contribution in [0.25, 0.3) is 33.3 Å². The number of hydrogen-bond donors (Lipinski definition) is 3. The minimum absolute atomic E-state index is 0.320. The Labute approximate surface area is 165 Å². The van der Waals surface area contributed by atoms with Crippen molar-refractivity contribution in [3.8, 4) is 11.4 Å². The van der Waals surface area contributed by atoms with E-state index in [1.54, 1.807) is 6.07 Å². The molecule has 1 amide bonds. The first-order valence-corrected chi connectivity index (χ1v) is 9.16. The summed E-state index contributed by atoms with van der Waals surface area (Å²) in [6.45, 7) is 0. The molecule has 0 saturated carbocycles. The van der Waals surface area contributed by atoms with Crippen molar-refractivity contribution in [1.29, 1.82) is 0 Å². The number of carbonyl (C=O) groups excluding carboxylic acids is 1. The van der Waals surface area contributed by atoms with E-state index in [0.717, 1.165) is 16.6 Å². The van der Waals surface area contributed by atoms with E-state index in [-0.39, 0.29) is 11.5 Å². The number of aromatic nitrogens is 3. The van der Waals surface area contributed by atoms with E-state index in [9.17, 15) is 9.59 Å². The number of rotatable bonds is 3. The predicted molar refractivity (Wildman–Crippen MR) is 114 cm³/mol. The summed E-state index contributed by atoms with van der Waals surface area (Å²) in [5, 5.41) is 3.62. The zero-order chi connectivity index (χ0) is 19.8. The molecule has 0 unspecified atom stereocenters. The van der Waals surface area contributed by atoms with Crippen molar-refractivity contribution >= 4 is 33.5 Å². The monoisotopic (exact) mass is 380 g/mol. The Kier molecular flexibility index (Phi) is 3.95. The Bertz CT molecular complexity index is 1400. The van der Waals surface area contributed by atoms with Gasteiger partial charge in [-0.3, -0.25) is 9.59 Å². The summed E-state index contributed by atoms with van der Waals surface area (Å²) >= 11 is 0. The van der Waals surface area contributed by atoms with Crippen LogP contribution in [-0.4, -0.2) is 20.9 Å². The van der Waals surface area contributed by atoms with Crippen molar-refractivity contribution in [3.05, 3.63) is 94.8 Å². The molecule has 0 atom stereocenters. The fourth-order valence-corrected chi connectivity index (χ4v) is 3.46. The van der Waals surface area contributed by atoms with Crippen molar-refractivity contribution in [2.24, 2.45) is 0 Å². The largest absolute Gasteiger partial charge is 0.338 e. The van der Waals surface area contributed by atoms with Crippen LogP contribution in [-0.2, 0) is 0 Å². The Morgan fingerprint density at radius 1 is 0.828 bits per heavy atom. The standard InChI is InChI=1S/C23H16N4O2/c28-21-13-16(14-7-1-3-9-17(14)24-21)23(29)27-18-10-4-2-8-15(18)22-25-19-11-5-6-12-20(19)26-22/h1-13H,(H,24,28)(H,25,26)(H,27,29). The summed E-state index contributed by atoms with van der Waals surface area (Å²) in [7, 11) is 0. The van der Waals surface area contributed by atoms with Gasteiger partial charge < -0.3 is 15.3 Å². The molecule has 0 aliphatic rings. The van der Waals surface area contributed by atoms with Crippen LogP contribution in [0, 0.1) is 0 Å². The van der Waals surface area contributed by atoms with Gasteiger partial charge in [0, 0.05) is 22.5 Å². The zero-order valence-electron chi connectivity index (χ0n) is 15.3. The van der Waals surface area contributed by atoms with Crippen molar-refractivity contribution in [3.63, 3.8) is 0 Å². The number of nitrogens with zero attached hydrogens (tertiary/aromatic N) is 1. The molecular weight excluding hydrogens is 364 g/mol. The van der Waals surface area contributed by atoms with E-state index in [1.807, 2.05) is 66.7 Å². The van der Waals surface area contributed by atoms with E-state index in [2.05, 4.69) is 20.3 Å². The topological polar surface area (TPSA) is 90.6 Å². The number of anilines is 1. The third-order valence-electron chi connectivity index (χ3n) is 4.81. The number of amides is 1. The number of aromatic amines is 2. The number of benzene rings is 3. The lowest BCUT2D eigenvalue weighted by atomic mass is 10.1. The average Bonchev–Trinajstić information content (AvgIpc) is 3.17. The third kappa shape index (κ3) is 3.06. The molecule has 0 saturated heterocycles. The highest BCUT2D eigenvalue weighted by atomic mass is 16.2. The Balaban J connectivity index is 1.57. The van der Waals surface area contributed by atoms with Crippen LogP contribution in [0.2, 0.25) is 0 Å². The van der Waals surface area contributed by atoms with Crippen LogP contribution in [0.3, 0.4) is 0 Å². The van der Waals surface area contributed by atoms with Gasteiger partial charge in [-0.05, 0) is 30.3 Å². The molecule has 0 aliphatic heterocycles. The molecule has 5 rings (SSSR count). The van der Waals surface area contributed by atoms with E-state index >= 15 is 0 Å². The highest BCUT2D eigenvalue weighted by Gasteiger charge is 2.15. The van der Waals surface area contributed by atoms with Gasteiger partial charge >= 0.3 is 0 Å². The highest BCUT2D eigenvalue weighted by molar-refractivity contribution is 6.13. The van der Waals surface area contributed by atoms with Gasteiger partial charge in [-0.15, -0.1) is 0 Å². The van der Waals surface area contributed by atoms with Gasteiger partial charge in [0.2, 0.25) is 5.56 Å². The summed E-state index contributed by atoms with van der Waals surface area (Å²) in [6, 6.07) is 23.7. The molecule has 3 N–H and O–H groups in total. The molecule has 2 heterocycles. The second-order valence-electron chi connectivity index (χ2n) is 6.70. The maximum atomic E-state index is 13.0. The Morgan fingerprint density at radius 2 is 1.55 bits per heavy atom. The SMILES string of the molecule is O=C(Nc1ccccc1-c1nc2ccccc2[nH]1)c1cc(=O)[nH]c2ccccc12. The Hall–Kier alpha value is -4.19. The van der Waals surface area contributed by atoms with E-state index in [4.69, 9.17) is 0 Å². The lowest BCUT2D eigenvalue weighted by Gasteiger charge is -2.11. The van der Waals surface area contributed by atoms with Gasteiger partial charge in [0.25, 0.3) is 5.91 Å². The molecule has 0 radical (unpaired) electrons. The molecule has 5 aromatic rings. The van der Waals surface area contributed by atoms with Crippen LogP contribution in [0.5, 0.6) is 0 Å². The van der Waals surface area contributed by atoms with Crippen LogP contribution >= 0.6 is 0 Å². The number of pyridine rings is 1. The predicted octanol–water partition coefficient (Wildman–Crippen LogP) is 4.32. The lowest BCUT2D eigenvalue weighted by molar-refractivity contribution is 0.102. The quantitative estimate of drug-likeness (QED) is 0.435. The van der Waals surface area contributed by atoms with Crippen LogP contribution in [0.4, 0.5) is 5.69 Å². The molecule has 140 valence electrons. The van der Waals surface area contributed by atoms with Crippen molar-refractivity contribution < 1.29 is 4.79 Å². The molecule has 0 bridgehead atoms. The average molecular weight is 380 g/mol. The number of nitrogens with one attached hydrogen (secondary N) is 3. The highest BCUT2D eigenvalue weighted by Crippen LogP contribution is 2.28. The number of H-pyrrole nitrogens is 2. The van der Waals surface area contributed by atoms with Gasteiger partial charge in [-0.2, -0.15) is 0 Å². The molecule has 3 aromatic carbocycles. The molecule has 0 fully saturated rings. The Morgan fingerprint density at radius 3 is 2.41 bits per heavy atom. The fourth-order valence-electron chi connectivity index (χ4n) is 3.46. The molecule has 29 heavy (non-hydrogen) atoms. The number of carbonyl (C=O) groups is 1. The van der Waals surface area contributed by atoms with Crippen LogP contribution in [0.1, 0.15) is 10.4 Å². The van der Waals surface area contributed by atoms with E-state index in [0.29, 0.717) is 28.0 Å². The second kappa shape index (κ2) is 6.76. The number of hydrogen-bond acceptors (Lipinski definition) is 3. The molecule has 0 spiro atoms. The van der Waals surface area contributed by atoms with E-state index < -0.39 is 0 Å². The van der Waals surface area contributed by atoms with Crippen molar-refractivity contribution in [2.75, 3.05) is 5.32 Å². The van der Waals surface area contributed by atoms with Gasteiger partial charge in [-0.25, -0.2) is 4.98 Å². The van der Waals surface area contributed by atoms with Crippen molar-refractivity contribution in [1.82, 2.24) is 15.0 Å². The number of para-hydroxylation sites is 4. The first kappa shape index (κ1) is 16.9. The van der Waals surface area contributed by atoms with Gasteiger partial charge in [0.15, 0.2) is 0 Å². The first-order valence-electron chi connectivity index (χ1n) is 9.16. The van der Waals surface area contributed by atoms with Crippen molar-refractivity contribution in [2.45, 2.75) is 0 Å². The smallest absolute Gasteiger partial charge is 0.256 e. The summed E-state index contributed by atoms with van der Waals surface area (Å²) in [5.74, 6) is 0.314. The molecule has 0 aliphatic carbocycles. The molecular formula is C23H16N4O2. The van der Waals surface area contributed by atoms with E-state index in [1.165, 1.54) is 6.07 Å². The second-order valence-corrected chi connectivity index (χ2v) is 6.70. The zero-order valence-corrected chi connectivity index (χ0v) is 15.3. The maximum absolute atomic E-state index is 13.0. The number of fused-ring (bicyclic) bond motifs is 2. The summed E-state index contributed by atoms with van der Waals surface area (Å²) in [5.41, 5.74) is 3.78.